The minimum absolute atomic E-state index is 0.103. The summed E-state index contributed by atoms with van der Waals surface area (Å²) in [6.45, 7) is 0. The lowest BCUT2D eigenvalue weighted by molar-refractivity contribution is 0.403. The van der Waals surface area contributed by atoms with Gasteiger partial charge in [0, 0.05) is 11.6 Å². The van der Waals surface area contributed by atoms with Crippen molar-refractivity contribution in [2.45, 2.75) is 4.90 Å². The van der Waals surface area contributed by atoms with E-state index in [9.17, 15) is 8.42 Å². The molecule has 0 unspecified atom stereocenters. The predicted molar refractivity (Wildman–Crippen MR) is 78.5 cm³/mol. The largest absolute Gasteiger partial charge is 0.495 e. The number of ether oxygens (including phenoxy) is 1. The van der Waals surface area contributed by atoms with Gasteiger partial charge in [0.25, 0.3) is 0 Å². The molecule has 0 spiro atoms. The number of halogens is 1. The fraction of sp³-hybridized carbons (Fsp3) is 0.0714. The maximum Gasteiger partial charge on any atom is 0.203 e. The van der Waals surface area contributed by atoms with Crippen molar-refractivity contribution in [2.24, 2.45) is 0 Å². The summed E-state index contributed by atoms with van der Waals surface area (Å²) in [5.41, 5.74) is 0.396. The summed E-state index contributed by atoms with van der Waals surface area (Å²) >= 11 is 5.92. The lowest BCUT2D eigenvalue weighted by atomic mass is 10.3. The number of hydrogen-bond acceptors (Lipinski definition) is 4. The SMILES string of the molecule is COc1ccccc1S(=O)(=O)/C=C/c1ncccc1Cl. The monoisotopic (exact) mass is 309 g/mol. The number of rotatable bonds is 4. The molecular weight excluding hydrogens is 298 g/mol. The van der Waals surface area contributed by atoms with E-state index in [4.69, 9.17) is 16.3 Å². The van der Waals surface area contributed by atoms with Gasteiger partial charge in [-0.3, -0.25) is 4.98 Å². The van der Waals surface area contributed by atoms with Crippen LogP contribution in [0.1, 0.15) is 5.69 Å². The highest BCUT2D eigenvalue weighted by molar-refractivity contribution is 7.94. The molecule has 0 amide bonds. The van der Waals surface area contributed by atoms with Crippen molar-refractivity contribution in [3.8, 4) is 5.75 Å². The Kier molecular flexibility index (Phi) is 4.42. The second-order valence-electron chi connectivity index (χ2n) is 3.87. The van der Waals surface area contributed by atoms with Crippen LogP contribution < -0.4 is 4.74 Å². The molecule has 104 valence electrons. The van der Waals surface area contributed by atoms with Crippen LogP contribution in [0.3, 0.4) is 0 Å². The average Bonchev–Trinajstić information content (AvgIpc) is 2.46. The van der Waals surface area contributed by atoms with Crippen LogP contribution in [0, 0.1) is 0 Å². The molecule has 0 fully saturated rings. The molecule has 1 aromatic heterocycles. The predicted octanol–water partition coefficient (Wildman–Crippen LogP) is 3.19. The van der Waals surface area contributed by atoms with E-state index in [0.29, 0.717) is 16.5 Å². The van der Waals surface area contributed by atoms with Crippen LogP contribution in [0.2, 0.25) is 5.02 Å². The second-order valence-corrected chi connectivity index (χ2v) is 6.08. The number of aromatic nitrogens is 1. The maximum atomic E-state index is 12.3. The third-order valence-corrected chi connectivity index (χ3v) is 4.33. The highest BCUT2D eigenvalue weighted by Gasteiger charge is 2.15. The first kappa shape index (κ1) is 14.6. The Labute approximate surface area is 122 Å². The van der Waals surface area contributed by atoms with Crippen molar-refractivity contribution in [3.05, 3.63) is 58.7 Å². The van der Waals surface area contributed by atoms with Crippen LogP contribution in [-0.4, -0.2) is 20.5 Å². The topological polar surface area (TPSA) is 56.3 Å². The van der Waals surface area contributed by atoms with E-state index in [1.807, 2.05) is 0 Å². The smallest absolute Gasteiger partial charge is 0.203 e. The Morgan fingerprint density at radius 3 is 2.65 bits per heavy atom. The number of pyridine rings is 1. The van der Waals surface area contributed by atoms with Gasteiger partial charge in [-0.25, -0.2) is 8.42 Å². The molecule has 0 N–H and O–H groups in total. The fourth-order valence-electron chi connectivity index (χ4n) is 1.60. The maximum absolute atomic E-state index is 12.3. The van der Waals surface area contributed by atoms with Gasteiger partial charge in [0.2, 0.25) is 9.84 Å². The standard InChI is InChI=1S/C14H12ClNO3S/c1-19-13-6-2-3-7-14(13)20(17,18)10-8-12-11(15)5-4-9-16-12/h2-10H,1H3/b10-8+. The van der Waals surface area contributed by atoms with Crippen LogP contribution in [0.15, 0.2) is 52.9 Å². The van der Waals surface area contributed by atoms with Crippen molar-refractivity contribution < 1.29 is 13.2 Å². The molecule has 0 aliphatic carbocycles. The van der Waals surface area contributed by atoms with Gasteiger partial charge in [-0.15, -0.1) is 0 Å². The van der Waals surface area contributed by atoms with Crippen molar-refractivity contribution in [2.75, 3.05) is 7.11 Å². The summed E-state index contributed by atoms with van der Waals surface area (Å²) in [5.74, 6) is 0.296. The van der Waals surface area contributed by atoms with Gasteiger partial charge in [0.05, 0.1) is 17.8 Å². The summed E-state index contributed by atoms with van der Waals surface area (Å²) in [7, 11) is -2.20. The first-order chi connectivity index (χ1) is 9.54. The van der Waals surface area contributed by atoms with Gasteiger partial charge in [-0.2, -0.15) is 0 Å². The van der Waals surface area contributed by atoms with E-state index in [1.165, 1.54) is 19.3 Å². The molecule has 2 rings (SSSR count). The lowest BCUT2D eigenvalue weighted by Crippen LogP contribution is -1.99. The van der Waals surface area contributed by atoms with Crippen LogP contribution in [-0.2, 0) is 9.84 Å². The summed E-state index contributed by atoms with van der Waals surface area (Å²) in [6.07, 6.45) is 2.91. The third kappa shape index (κ3) is 3.18. The van der Waals surface area contributed by atoms with Crippen molar-refractivity contribution in [1.82, 2.24) is 4.98 Å². The molecule has 2 aromatic rings. The zero-order valence-electron chi connectivity index (χ0n) is 10.7. The summed E-state index contributed by atoms with van der Waals surface area (Å²) in [5, 5.41) is 1.46. The van der Waals surface area contributed by atoms with E-state index in [0.717, 1.165) is 5.41 Å². The van der Waals surface area contributed by atoms with Gasteiger partial charge >= 0.3 is 0 Å². The second kappa shape index (κ2) is 6.07. The highest BCUT2D eigenvalue weighted by Crippen LogP contribution is 2.25. The Balaban J connectivity index is 2.39. The molecule has 0 saturated carbocycles. The molecule has 6 heteroatoms. The number of nitrogens with zero attached hydrogens (tertiary/aromatic N) is 1. The molecule has 0 bridgehead atoms. The quantitative estimate of drug-likeness (QED) is 0.870. The Morgan fingerprint density at radius 2 is 1.95 bits per heavy atom. The number of hydrogen-bond donors (Lipinski definition) is 0. The first-order valence-electron chi connectivity index (χ1n) is 5.71. The van der Waals surface area contributed by atoms with Crippen molar-refractivity contribution in [3.63, 3.8) is 0 Å². The van der Waals surface area contributed by atoms with Gasteiger partial charge in [0.15, 0.2) is 0 Å². The van der Waals surface area contributed by atoms with Gasteiger partial charge in [0.1, 0.15) is 10.6 Å². The molecule has 1 heterocycles. The van der Waals surface area contributed by atoms with Crippen LogP contribution in [0.4, 0.5) is 0 Å². The third-order valence-electron chi connectivity index (χ3n) is 2.57. The van der Waals surface area contributed by atoms with E-state index < -0.39 is 9.84 Å². The lowest BCUT2D eigenvalue weighted by Gasteiger charge is -2.06. The molecule has 0 aliphatic heterocycles. The molecule has 0 aliphatic rings. The Bertz CT molecular complexity index is 742. The fourth-order valence-corrected chi connectivity index (χ4v) is 2.94. The van der Waals surface area contributed by atoms with Gasteiger partial charge in [-0.05, 0) is 30.3 Å². The molecule has 0 atom stereocenters. The number of benzene rings is 1. The molecule has 4 nitrogen and oxygen atoms in total. The van der Waals surface area contributed by atoms with Gasteiger partial charge < -0.3 is 4.74 Å². The van der Waals surface area contributed by atoms with E-state index >= 15 is 0 Å². The molecule has 0 saturated heterocycles. The average molecular weight is 310 g/mol. The van der Waals surface area contributed by atoms with Crippen molar-refractivity contribution >= 4 is 27.5 Å². The zero-order chi connectivity index (χ0) is 14.6. The summed E-state index contributed by atoms with van der Waals surface area (Å²) in [4.78, 5) is 4.11. The van der Waals surface area contributed by atoms with Crippen LogP contribution in [0.5, 0.6) is 5.75 Å². The number of sulfone groups is 1. The molecular formula is C14H12ClNO3S. The minimum Gasteiger partial charge on any atom is -0.495 e. The highest BCUT2D eigenvalue weighted by atomic mass is 35.5. The summed E-state index contributed by atoms with van der Waals surface area (Å²) in [6, 6.07) is 9.74. The zero-order valence-corrected chi connectivity index (χ0v) is 12.2. The number of methoxy groups -OCH3 is 1. The Morgan fingerprint density at radius 1 is 1.20 bits per heavy atom. The normalized spacial score (nSPS) is 11.7. The molecule has 0 radical (unpaired) electrons. The first-order valence-corrected chi connectivity index (χ1v) is 7.64. The molecule has 20 heavy (non-hydrogen) atoms. The Hall–Kier alpha value is -1.85. The minimum atomic E-state index is -3.62. The van der Waals surface area contributed by atoms with Crippen molar-refractivity contribution in [1.29, 1.82) is 0 Å². The van der Waals surface area contributed by atoms with E-state index in [2.05, 4.69) is 4.98 Å². The molecule has 1 aromatic carbocycles. The van der Waals surface area contributed by atoms with Gasteiger partial charge in [-0.1, -0.05) is 23.7 Å². The number of para-hydroxylation sites is 1. The van der Waals surface area contributed by atoms with E-state index in [-0.39, 0.29) is 4.90 Å². The van der Waals surface area contributed by atoms with Crippen LogP contribution >= 0.6 is 11.6 Å². The summed E-state index contributed by atoms with van der Waals surface area (Å²) < 4.78 is 29.6. The van der Waals surface area contributed by atoms with Crippen LogP contribution in [0.25, 0.3) is 6.08 Å². The van der Waals surface area contributed by atoms with E-state index in [1.54, 1.807) is 36.5 Å².